The summed E-state index contributed by atoms with van der Waals surface area (Å²) in [4.78, 5) is 0. The molecular formula is C6H3BrClF2N. The summed E-state index contributed by atoms with van der Waals surface area (Å²) in [7, 11) is 0. The van der Waals surface area contributed by atoms with Gasteiger partial charge < -0.3 is 5.73 Å². The predicted octanol–water partition coefficient (Wildman–Crippen LogP) is 2.96. The van der Waals surface area contributed by atoms with E-state index in [4.69, 9.17) is 17.3 Å². The third-order valence-electron chi connectivity index (χ3n) is 1.15. The van der Waals surface area contributed by atoms with E-state index in [9.17, 15) is 8.78 Å². The first kappa shape index (κ1) is 8.74. The Morgan fingerprint density at radius 3 is 2.55 bits per heavy atom. The molecule has 2 N–H and O–H groups in total. The van der Waals surface area contributed by atoms with Crippen LogP contribution in [0.5, 0.6) is 0 Å². The van der Waals surface area contributed by atoms with E-state index < -0.39 is 16.7 Å². The molecule has 0 unspecified atom stereocenters. The fourth-order valence-corrected chi connectivity index (χ4v) is 1.11. The highest BCUT2D eigenvalue weighted by atomic mass is 79.9. The molecule has 0 fully saturated rings. The maximum atomic E-state index is 12.7. The van der Waals surface area contributed by atoms with Gasteiger partial charge in [-0.05, 0) is 22.0 Å². The molecule has 0 heterocycles. The van der Waals surface area contributed by atoms with Crippen molar-refractivity contribution in [2.75, 3.05) is 5.73 Å². The first-order valence-corrected chi connectivity index (χ1v) is 3.79. The third kappa shape index (κ3) is 1.46. The van der Waals surface area contributed by atoms with Crippen molar-refractivity contribution < 1.29 is 8.78 Å². The van der Waals surface area contributed by atoms with Gasteiger partial charge in [0.1, 0.15) is 10.8 Å². The summed E-state index contributed by atoms with van der Waals surface area (Å²) in [5.74, 6) is -1.76. The summed E-state index contributed by atoms with van der Waals surface area (Å²) in [6, 6.07) is 1.01. The zero-order valence-corrected chi connectivity index (χ0v) is 7.51. The molecule has 0 amide bonds. The summed E-state index contributed by atoms with van der Waals surface area (Å²) in [5.41, 5.74) is 4.99. The summed E-state index contributed by atoms with van der Waals surface area (Å²) in [6.45, 7) is 0. The van der Waals surface area contributed by atoms with Crippen LogP contribution in [0.3, 0.4) is 0 Å². The highest BCUT2D eigenvalue weighted by Gasteiger charge is 2.12. The van der Waals surface area contributed by atoms with Crippen LogP contribution in [0.1, 0.15) is 0 Å². The van der Waals surface area contributed by atoms with Gasteiger partial charge in [0.2, 0.25) is 0 Å². The van der Waals surface area contributed by atoms with Crippen molar-refractivity contribution >= 4 is 33.2 Å². The molecule has 0 spiro atoms. The minimum Gasteiger partial charge on any atom is -0.395 e. The molecule has 0 radical (unpaired) electrons. The van der Waals surface area contributed by atoms with Gasteiger partial charge in [0.15, 0.2) is 5.82 Å². The van der Waals surface area contributed by atoms with E-state index in [1.165, 1.54) is 0 Å². The summed E-state index contributed by atoms with van der Waals surface area (Å²) in [5, 5.41) is -0.578. The van der Waals surface area contributed by atoms with E-state index in [1.807, 2.05) is 0 Å². The first-order valence-electron chi connectivity index (χ1n) is 2.62. The molecule has 60 valence electrons. The lowest BCUT2D eigenvalue weighted by molar-refractivity contribution is 0.586. The van der Waals surface area contributed by atoms with Crippen molar-refractivity contribution in [3.8, 4) is 0 Å². The summed E-state index contributed by atoms with van der Waals surface area (Å²) < 4.78 is 25.5. The van der Waals surface area contributed by atoms with Crippen LogP contribution in [-0.2, 0) is 0 Å². The van der Waals surface area contributed by atoms with E-state index in [2.05, 4.69) is 15.9 Å². The molecule has 1 aromatic carbocycles. The summed E-state index contributed by atoms with van der Waals surface area (Å²) >= 11 is 8.07. The Balaban J connectivity index is 3.46. The number of nitrogen functional groups attached to an aromatic ring is 1. The average Bonchev–Trinajstić information content (AvgIpc) is 1.97. The number of halogens is 4. The molecule has 1 rings (SSSR count). The average molecular weight is 242 g/mol. The topological polar surface area (TPSA) is 26.0 Å². The first-order chi connectivity index (χ1) is 5.04. The highest BCUT2D eigenvalue weighted by molar-refractivity contribution is 9.10. The SMILES string of the molecule is Nc1c(Br)cc(F)c(Cl)c1F. The van der Waals surface area contributed by atoms with Crippen LogP contribution >= 0.6 is 27.5 Å². The van der Waals surface area contributed by atoms with E-state index in [1.54, 1.807) is 0 Å². The minimum atomic E-state index is -0.932. The van der Waals surface area contributed by atoms with E-state index in [0.717, 1.165) is 6.07 Å². The molecule has 5 heteroatoms. The van der Waals surface area contributed by atoms with Gasteiger partial charge in [-0.25, -0.2) is 8.78 Å². The maximum absolute atomic E-state index is 12.7. The fourth-order valence-electron chi connectivity index (χ4n) is 0.580. The predicted molar refractivity (Wildman–Crippen MR) is 43.5 cm³/mol. The van der Waals surface area contributed by atoms with Gasteiger partial charge in [0.25, 0.3) is 0 Å². The lowest BCUT2D eigenvalue weighted by atomic mass is 10.3. The normalized spacial score (nSPS) is 10.2. The molecule has 11 heavy (non-hydrogen) atoms. The third-order valence-corrected chi connectivity index (χ3v) is 2.15. The van der Waals surface area contributed by atoms with Gasteiger partial charge in [-0.1, -0.05) is 11.6 Å². The number of hydrogen-bond acceptors (Lipinski definition) is 1. The Hall–Kier alpha value is -0.350. The molecular weight excluding hydrogens is 239 g/mol. The zero-order chi connectivity index (χ0) is 8.59. The van der Waals surface area contributed by atoms with Gasteiger partial charge in [-0.2, -0.15) is 0 Å². The Labute approximate surface area is 75.3 Å². The second-order valence-corrected chi connectivity index (χ2v) is 3.11. The number of hydrogen-bond donors (Lipinski definition) is 1. The second kappa shape index (κ2) is 2.95. The zero-order valence-electron chi connectivity index (χ0n) is 5.17. The van der Waals surface area contributed by atoms with Crippen molar-refractivity contribution in [2.24, 2.45) is 0 Å². The quantitative estimate of drug-likeness (QED) is 0.422. The Bertz CT molecular complexity index is 277. The standard InChI is InChI=1S/C6H3BrClF2N/c7-2-1-3(9)4(8)5(10)6(2)11/h1H,11H2. The van der Waals surface area contributed by atoms with E-state index >= 15 is 0 Å². The van der Waals surface area contributed by atoms with Crippen molar-refractivity contribution in [3.63, 3.8) is 0 Å². The van der Waals surface area contributed by atoms with Gasteiger partial charge in [-0.15, -0.1) is 0 Å². The van der Waals surface area contributed by atoms with E-state index in [-0.39, 0.29) is 10.2 Å². The fraction of sp³-hybridized carbons (Fsp3) is 0. The van der Waals surface area contributed by atoms with Gasteiger partial charge >= 0.3 is 0 Å². The maximum Gasteiger partial charge on any atom is 0.168 e. The highest BCUT2D eigenvalue weighted by Crippen LogP contribution is 2.30. The van der Waals surface area contributed by atoms with Crippen molar-refractivity contribution in [1.82, 2.24) is 0 Å². The number of nitrogens with two attached hydrogens (primary N) is 1. The number of anilines is 1. The smallest absolute Gasteiger partial charge is 0.168 e. The van der Waals surface area contributed by atoms with Crippen LogP contribution in [0.4, 0.5) is 14.5 Å². The molecule has 0 bridgehead atoms. The van der Waals surface area contributed by atoms with Crippen LogP contribution in [0.25, 0.3) is 0 Å². The molecule has 0 aliphatic carbocycles. The van der Waals surface area contributed by atoms with Crippen LogP contribution in [0, 0.1) is 11.6 Å². The summed E-state index contributed by atoms with van der Waals surface area (Å²) in [6.07, 6.45) is 0. The molecule has 1 nitrogen and oxygen atoms in total. The molecule has 0 aliphatic heterocycles. The molecule has 0 saturated carbocycles. The van der Waals surface area contributed by atoms with Crippen molar-refractivity contribution in [1.29, 1.82) is 0 Å². The Morgan fingerprint density at radius 2 is 2.00 bits per heavy atom. The number of rotatable bonds is 0. The largest absolute Gasteiger partial charge is 0.395 e. The second-order valence-electron chi connectivity index (χ2n) is 1.88. The van der Waals surface area contributed by atoms with Crippen LogP contribution in [0.2, 0.25) is 5.02 Å². The van der Waals surface area contributed by atoms with Crippen LogP contribution < -0.4 is 5.73 Å². The lowest BCUT2D eigenvalue weighted by Crippen LogP contribution is -1.95. The molecule has 0 saturated heterocycles. The number of benzene rings is 1. The molecule has 1 aromatic rings. The van der Waals surface area contributed by atoms with Crippen molar-refractivity contribution in [2.45, 2.75) is 0 Å². The van der Waals surface area contributed by atoms with Crippen LogP contribution in [0.15, 0.2) is 10.5 Å². The molecule has 0 atom stereocenters. The monoisotopic (exact) mass is 241 g/mol. The van der Waals surface area contributed by atoms with Gasteiger partial charge in [-0.3, -0.25) is 0 Å². The van der Waals surface area contributed by atoms with Gasteiger partial charge in [0, 0.05) is 4.47 Å². The minimum absolute atomic E-state index is 0.164. The van der Waals surface area contributed by atoms with Crippen LogP contribution in [-0.4, -0.2) is 0 Å². The van der Waals surface area contributed by atoms with Crippen molar-refractivity contribution in [3.05, 3.63) is 27.2 Å². The van der Waals surface area contributed by atoms with E-state index in [0.29, 0.717) is 0 Å². The molecule has 0 aliphatic rings. The Kier molecular flexibility index (Phi) is 2.34. The Morgan fingerprint density at radius 1 is 1.45 bits per heavy atom. The lowest BCUT2D eigenvalue weighted by Gasteiger charge is -2.01. The van der Waals surface area contributed by atoms with Gasteiger partial charge in [0.05, 0.1) is 5.69 Å². The molecule has 0 aromatic heterocycles.